The van der Waals surface area contributed by atoms with Gasteiger partial charge in [0.25, 0.3) is 0 Å². The summed E-state index contributed by atoms with van der Waals surface area (Å²) in [5.41, 5.74) is 0. The van der Waals surface area contributed by atoms with E-state index in [1.54, 1.807) is 0 Å². The van der Waals surface area contributed by atoms with Gasteiger partial charge in [-0.3, -0.25) is 0 Å². The lowest BCUT2D eigenvalue weighted by Crippen LogP contribution is -1.86. The van der Waals surface area contributed by atoms with Crippen LogP contribution >= 0.6 is 15.9 Å². The van der Waals surface area contributed by atoms with Gasteiger partial charge in [-0.2, -0.15) is 0 Å². The van der Waals surface area contributed by atoms with Crippen LogP contribution in [0.15, 0.2) is 0 Å². The Hall–Kier alpha value is 0.480. The first-order valence-electron chi connectivity index (χ1n) is 3.49. The Morgan fingerprint density at radius 2 is 1.88 bits per heavy atom. The number of fused-ring (bicyclic) bond motifs is 1. The molecule has 2 fully saturated rings. The third-order valence-corrected chi connectivity index (χ3v) is 3.51. The Bertz CT molecular complexity index is 83.8. The fourth-order valence-corrected chi connectivity index (χ4v) is 3.16. The van der Waals surface area contributed by atoms with Gasteiger partial charge in [0.15, 0.2) is 0 Å². The molecule has 1 heteroatoms. The lowest BCUT2D eigenvalue weighted by molar-refractivity contribution is 0.636. The van der Waals surface area contributed by atoms with Crippen molar-refractivity contribution in [2.24, 2.45) is 17.8 Å². The van der Waals surface area contributed by atoms with Crippen LogP contribution in [-0.2, 0) is 0 Å². The fraction of sp³-hybridized carbons (Fsp3) is 1.00. The smallest absolute Gasteiger partial charge is 0.00651 e. The van der Waals surface area contributed by atoms with Crippen molar-refractivity contribution in [3.8, 4) is 0 Å². The minimum absolute atomic E-state index is 1.09. The van der Waals surface area contributed by atoms with Gasteiger partial charge in [0.05, 0.1) is 0 Å². The molecule has 0 aromatic heterocycles. The maximum atomic E-state index is 3.53. The zero-order valence-corrected chi connectivity index (χ0v) is 6.52. The summed E-state index contributed by atoms with van der Waals surface area (Å²) < 4.78 is 0. The highest BCUT2D eigenvalue weighted by Crippen LogP contribution is 2.57. The monoisotopic (exact) mass is 174 g/mol. The molecule has 8 heavy (non-hydrogen) atoms. The van der Waals surface area contributed by atoms with E-state index in [-0.39, 0.29) is 0 Å². The van der Waals surface area contributed by atoms with Crippen LogP contribution in [0, 0.1) is 17.8 Å². The predicted octanol–water partition coefficient (Wildman–Crippen LogP) is 2.43. The average Bonchev–Trinajstić information content (AvgIpc) is 2.22. The van der Waals surface area contributed by atoms with Crippen molar-refractivity contribution in [2.45, 2.75) is 19.3 Å². The van der Waals surface area contributed by atoms with E-state index >= 15 is 0 Å². The Morgan fingerprint density at radius 3 is 2.25 bits per heavy atom. The molecule has 2 aliphatic rings. The van der Waals surface area contributed by atoms with Crippen molar-refractivity contribution in [1.82, 2.24) is 0 Å². The number of hydrogen-bond acceptors (Lipinski definition) is 0. The second-order valence-electron chi connectivity index (χ2n) is 3.08. The van der Waals surface area contributed by atoms with Crippen LogP contribution in [0.2, 0.25) is 0 Å². The summed E-state index contributed by atoms with van der Waals surface area (Å²) >= 11 is 3.53. The summed E-state index contributed by atoms with van der Waals surface area (Å²) in [6.45, 7) is 0. The molecular weight excluding hydrogens is 164 g/mol. The van der Waals surface area contributed by atoms with Gasteiger partial charge in [-0.05, 0) is 30.6 Å². The molecule has 0 heterocycles. The summed E-state index contributed by atoms with van der Waals surface area (Å²) in [6.07, 6.45) is 4.57. The molecule has 46 valence electrons. The largest absolute Gasteiger partial charge is 0.0925 e. The molecule has 0 bridgehead atoms. The van der Waals surface area contributed by atoms with Crippen molar-refractivity contribution >= 4 is 15.9 Å². The summed E-state index contributed by atoms with van der Waals surface area (Å²) in [5, 5.41) is 1.27. The molecule has 0 saturated heterocycles. The summed E-state index contributed by atoms with van der Waals surface area (Å²) in [7, 11) is 0. The molecule has 0 aromatic rings. The summed E-state index contributed by atoms with van der Waals surface area (Å²) in [6, 6.07) is 0. The number of halogens is 1. The van der Waals surface area contributed by atoms with Crippen molar-refractivity contribution in [1.29, 1.82) is 0 Å². The van der Waals surface area contributed by atoms with Gasteiger partial charge < -0.3 is 0 Å². The van der Waals surface area contributed by atoms with Crippen LogP contribution in [0.4, 0.5) is 0 Å². The van der Waals surface area contributed by atoms with Crippen LogP contribution in [0.25, 0.3) is 0 Å². The first-order valence-corrected chi connectivity index (χ1v) is 4.61. The van der Waals surface area contributed by atoms with E-state index in [1.165, 1.54) is 24.6 Å². The van der Waals surface area contributed by atoms with Crippen molar-refractivity contribution in [3.63, 3.8) is 0 Å². The Balaban J connectivity index is 1.94. The van der Waals surface area contributed by atoms with E-state index in [2.05, 4.69) is 15.9 Å². The van der Waals surface area contributed by atoms with Crippen molar-refractivity contribution in [2.75, 3.05) is 5.33 Å². The van der Waals surface area contributed by atoms with Crippen molar-refractivity contribution < 1.29 is 0 Å². The van der Waals surface area contributed by atoms with E-state index < -0.39 is 0 Å². The van der Waals surface area contributed by atoms with Crippen LogP contribution in [-0.4, -0.2) is 5.33 Å². The molecule has 2 rings (SSSR count). The Kier molecular flexibility index (Phi) is 1.14. The molecule has 0 nitrogen and oxygen atoms in total. The van der Waals surface area contributed by atoms with E-state index in [9.17, 15) is 0 Å². The average molecular weight is 175 g/mol. The maximum absolute atomic E-state index is 3.53. The molecule has 2 atom stereocenters. The summed E-state index contributed by atoms with van der Waals surface area (Å²) in [5.74, 6) is 3.38. The van der Waals surface area contributed by atoms with Gasteiger partial charge in [0.1, 0.15) is 0 Å². The van der Waals surface area contributed by atoms with Gasteiger partial charge >= 0.3 is 0 Å². The molecular formula is C7H11Br. The zero-order chi connectivity index (χ0) is 5.56. The molecule has 0 amide bonds. The number of alkyl halides is 1. The van der Waals surface area contributed by atoms with Crippen LogP contribution in [0.1, 0.15) is 19.3 Å². The normalized spacial score (nSPS) is 51.4. The van der Waals surface area contributed by atoms with Gasteiger partial charge in [-0.15, -0.1) is 0 Å². The topological polar surface area (TPSA) is 0 Å². The second kappa shape index (κ2) is 1.73. The van der Waals surface area contributed by atoms with Gasteiger partial charge in [0.2, 0.25) is 0 Å². The van der Waals surface area contributed by atoms with E-state index in [0.29, 0.717) is 0 Å². The lowest BCUT2D eigenvalue weighted by Gasteiger charge is -1.93. The SMILES string of the molecule is BrCC1[C@H]2CCC[C@H]12. The highest BCUT2D eigenvalue weighted by Gasteiger charge is 2.51. The lowest BCUT2D eigenvalue weighted by atomic mass is 10.2. The molecule has 0 aromatic carbocycles. The molecule has 0 spiro atoms. The molecule has 0 aliphatic heterocycles. The van der Waals surface area contributed by atoms with Gasteiger partial charge in [-0.25, -0.2) is 0 Å². The number of hydrogen-bond donors (Lipinski definition) is 0. The second-order valence-corrected chi connectivity index (χ2v) is 3.72. The standard InChI is InChI=1S/C7H11Br/c8-4-7-5-2-1-3-6(5)7/h5-7H,1-4H2/t5-,6-/m0/s1. The molecule has 0 unspecified atom stereocenters. The molecule has 2 aliphatic carbocycles. The number of rotatable bonds is 1. The predicted molar refractivity (Wildman–Crippen MR) is 38.1 cm³/mol. The third-order valence-electron chi connectivity index (χ3n) is 2.76. The first kappa shape index (κ1) is 5.28. The summed E-state index contributed by atoms with van der Waals surface area (Å²) in [4.78, 5) is 0. The minimum Gasteiger partial charge on any atom is -0.0925 e. The van der Waals surface area contributed by atoms with Crippen LogP contribution in [0.3, 0.4) is 0 Å². The van der Waals surface area contributed by atoms with Crippen molar-refractivity contribution in [3.05, 3.63) is 0 Å². The fourth-order valence-electron chi connectivity index (χ4n) is 2.20. The molecule has 0 N–H and O–H groups in total. The molecule has 0 radical (unpaired) electrons. The van der Waals surface area contributed by atoms with Gasteiger partial charge in [-0.1, -0.05) is 22.4 Å². The minimum atomic E-state index is 1.09. The van der Waals surface area contributed by atoms with E-state index in [1.807, 2.05) is 0 Å². The van der Waals surface area contributed by atoms with Crippen LogP contribution in [0.5, 0.6) is 0 Å². The van der Waals surface area contributed by atoms with Gasteiger partial charge in [0, 0.05) is 5.33 Å². The quantitative estimate of drug-likeness (QED) is 0.537. The van der Waals surface area contributed by atoms with Crippen LogP contribution < -0.4 is 0 Å². The third kappa shape index (κ3) is 0.570. The Labute approximate surface area is 58.8 Å². The highest BCUT2D eigenvalue weighted by atomic mass is 79.9. The maximum Gasteiger partial charge on any atom is 0.00651 e. The van der Waals surface area contributed by atoms with E-state index in [0.717, 1.165) is 17.8 Å². The Morgan fingerprint density at radius 1 is 1.25 bits per heavy atom. The first-order chi connectivity index (χ1) is 3.93. The zero-order valence-electron chi connectivity index (χ0n) is 4.94. The molecule has 2 saturated carbocycles. The van der Waals surface area contributed by atoms with E-state index in [4.69, 9.17) is 0 Å². The highest BCUT2D eigenvalue weighted by molar-refractivity contribution is 9.09.